The standard InChI is InChI=1S/C11H14N2O2S/c14-10-8-12-3-2-9(10)11(15)13-4-1-6-16-7-5-13/h2-3,8,14H,1,4-7H2. The first kappa shape index (κ1) is 11.3. The van der Waals surface area contributed by atoms with E-state index in [1.165, 1.54) is 12.4 Å². The van der Waals surface area contributed by atoms with Gasteiger partial charge in [-0.05, 0) is 18.2 Å². The number of amides is 1. The monoisotopic (exact) mass is 238 g/mol. The van der Waals surface area contributed by atoms with E-state index in [0.29, 0.717) is 5.56 Å². The van der Waals surface area contributed by atoms with Crippen molar-refractivity contribution in [2.45, 2.75) is 6.42 Å². The molecule has 0 bridgehead atoms. The highest BCUT2D eigenvalue weighted by Crippen LogP contribution is 2.18. The summed E-state index contributed by atoms with van der Waals surface area (Å²) >= 11 is 1.87. The summed E-state index contributed by atoms with van der Waals surface area (Å²) in [7, 11) is 0. The van der Waals surface area contributed by atoms with E-state index in [4.69, 9.17) is 0 Å². The third-order valence-electron chi connectivity index (χ3n) is 2.54. The Labute approximate surface area is 98.7 Å². The number of hydrogen-bond donors (Lipinski definition) is 1. The number of carbonyl (C=O) groups is 1. The van der Waals surface area contributed by atoms with Crippen LogP contribution in [-0.2, 0) is 0 Å². The molecule has 1 saturated heterocycles. The molecule has 86 valence electrons. The average molecular weight is 238 g/mol. The van der Waals surface area contributed by atoms with E-state index in [2.05, 4.69) is 4.98 Å². The largest absolute Gasteiger partial charge is 0.505 e. The lowest BCUT2D eigenvalue weighted by Crippen LogP contribution is -2.32. The highest BCUT2D eigenvalue weighted by Gasteiger charge is 2.19. The molecule has 0 aromatic carbocycles. The Hall–Kier alpha value is -1.23. The Bertz CT molecular complexity index is 376. The predicted molar refractivity (Wildman–Crippen MR) is 63.7 cm³/mol. The molecule has 0 unspecified atom stereocenters. The Balaban J connectivity index is 2.14. The average Bonchev–Trinajstić information content (AvgIpc) is 2.57. The molecular weight excluding hydrogens is 224 g/mol. The molecule has 4 nitrogen and oxygen atoms in total. The van der Waals surface area contributed by atoms with Crippen LogP contribution in [0.4, 0.5) is 0 Å². The van der Waals surface area contributed by atoms with Crippen LogP contribution in [0.25, 0.3) is 0 Å². The number of thioether (sulfide) groups is 1. The number of hydrogen-bond acceptors (Lipinski definition) is 4. The zero-order chi connectivity index (χ0) is 11.4. The van der Waals surface area contributed by atoms with Crippen molar-refractivity contribution in [3.05, 3.63) is 24.0 Å². The van der Waals surface area contributed by atoms with Crippen LogP contribution in [0.5, 0.6) is 5.75 Å². The van der Waals surface area contributed by atoms with Gasteiger partial charge in [0.1, 0.15) is 5.75 Å². The number of pyridine rings is 1. The fraction of sp³-hybridized carbons (Fsp3) is 0.455. The number of nitrogens with zero attached hydrogens (tertiary/aromatic N) is 2. The number of aromatic nitrogens is 1. The molecule has 0 spiro atoms. The third kappa shape index (κ3) is 2.47. The molecular formula is C11H14N2O2S. The number of carbonyl (C=O) groups excluding carboxylic acids is 1. The van der Waals surface area contributed by atoms with Gasteiger partial charge in [0.05, 0.1) is 11.8 Å². The maximum absolute atomic E-state index is 12.1. The minimum atomic E-state index is -0.0950. The van der Waals surface area contributed by atoms with E-state index in [1.807, 2.05) is 11.8 Å². The summed E-state index contributed by atoms with van der Waals surface area (Å²) in [6, 6.07) is 1.57. The molecule has 16 heavy (non-hydrogen) atoms. The van der Waals surface area contributed by atoms with Gasteiger partial charge in [-0.15, -0.1) is 0 Å². The van der Waals surface area contributed by atoms with Gasteiger partial charge in [-0.1, -0.05) is 0 Å². The molecule has 0 aliphatic carbocycles. The van der Waals surface area contributed by atoms with Gasteiger partial charge in [-0.25, -0.2) is 0 Å². The van der Waals surface area contributed by atoms with Crippen LogP contribution in [-0.4, -0.2) is 45.5 Å². The Kier molecular flexibility index (Phi) is 3.66. The summed E-state index contributed by atoms with van der Waals surface area (Å²) < 4.78 is 0. The number of rotatable bonds is 1. The minimum Gasteiger partial charge on any atom is -0.505 e. The molecule has 1 N–H and O–H groups in total. The fourth-order valence-electron chi connectivity index (χ4n) is 1.69. The van der Waals surface area contributed by atoms with E-state index >= 15 is 0 Å². The lowest BCUT2D eigenvalue weighted by Gasteiger charge is -2.20. The third-order valence-corrected chi connectivity index (χ3v) is 3.59. The lowest BCUT2D eigenvalue weighted by molar-refractivity contribution is 0.0765. The van der Waals surface area contributed by atoms with Crippen molar-refractivity contribution in [3.63, 3.8) is 0 Å². The van der Waals surface area contributed by atoms with Crippen LogP contribution >= 0.6 is 11.8 Å². The van der Waals surface area contributed by atoms with Gasteiger partial charge in [0.15, 0.2) is 0 Å². The summed E-state index contributed by atoms with van der Waals surface area (Å²) in [6.45, 7) is 1.53. The topological polar surface area (TPSA) is 53.4 Å². The number of aromatic hydroxyl groups is 1. The second-order valence-electron chi connectivity index (χ2n) is 3.65. The van der Waals surface area contributed by atoms with E-state index in [1.54, 1.807) is 11.0 Å². The maximum atomic E-state index is 12.1. The van der Waals surface area contributed by atoms with Gasteiger partial charge in [0.2, 0.25) is 0 Å². The van der Waals surface area contributed by atoms with Gasteiger partial charge in [-0.3, -0.25) is 9.78 Å². The maximum Gasteiger partial charge on any atom is 0.257 e. The van der Waals surface area contributed by atoms with Gasteiger partial charge in [-0.2, -0.15) is 11.8 Å². The fourth-order valence-corrected chi connectivity index (χ4v) is 2.57. The van der Waals surface area contributed by atoms with Crippen molar-refractivity contribution in [2.75, 3.05) is 24.6 Å². The van der Waals surface area contributed by atoms with Crippen LogP contribution in [0.1, 0.15) is 16.8 Å². The molecule has 1 aromatic heterocycles. The first-order valence-electron chi connectivity index (χ1n) is 5.29. The highest BCUT2D eigenvalue weighted by atomic mass is 32.2. The van der Waals surface area contributed by atoms with Gasteiger partial charge in [0.25, 0.3) is 5.91 Å². The van der Waals surface area contributed by atoms with E-state index < -0.39 is 0 Å². The zero-order valence-corrected chi connectivity index (χ0v) is 9.74. The smallest absolute Gasteiger partial charge is 0.257 e. The molecule has 1 aliphatic rings. The summed E-state index contributed by atoms with van der Waals surface area (Å²) in [5, 5.41) is 9.57. The predicted octanol–water partition coefficient (Wildman–Crippen LogP) is 1.37. The summed E-state index contributed by atoms with van der Waals surface area (Å²) in [5.74, 6) is 1.94. The van der Waals surface area contributed by atoms with E-state index in [9.17, 15) is 9.90 Å². The lowest BCUT2D eigenvalue weighted by atomic mass is 10.2. The van der Waals surface area contributed by atoms with Crippen LogP contribution in [0.2, 0.25) is 0 Å². The molecule has 1 aliphatic heterocycles. The molecule has 1 fully saturated rings. The Morgan fingerprint density at radius 1 is 1.44 bits per heavy atom. The Morgan fingerprint density at radius 3 is 3.12 bits per heavy atom. The highest BCUT2D eigenvalue weighted by molar-refractivity contribution is 7.99. The Morgan fingerprint density at radius 2 is 2.31 bits per heavy atom. The van der Waals surface area contributed by atoms with Crippen molar-refractivity contribution < 1.29 is 9.90 Å². The molecule has 0 radical (unpaired) electrons. The molecule has 1 aromatic rings. The summed E-state index contributed by atoms with van der Waals surface area (Å²) in [5.41, 5.74) is 0.349. The van der Waals surface area contributed by atoms with Crippen LogP contribution in [0.15, 0.2) is 18.5 Å². The van der Waals surface area contributed by atoms with Crippen molar-refractivity contribution in [2.24, 2.45) is 0 Å². The second-order valence-corrected chi connectivity index (χ2v) is 4.88. The van der Waals surface area contributed by atoms with Crippen molar-refractivity contribution >= 4 is 17.7 Å². The zero-order valence-electron chi connectivity index (χ0n) is 8.93. The van der Waals surface area contributed by atoms with Crippen molar-refractivity contribution in [1.82, 2.24) is 9.88 Å². The van der Waals surface area contributed by atoms with Gasteiger partial charge in [0, 0.05) is 25.0 Å². The molecule has 0 atom stereocenters. The molecule has 2 heterocycles. The molecule has 0 saturated carbocycles. The SMILES string of the molecule is O=C(c1ccncc1O)N1CCCSCC1. The van der Waals surface area contributed by atoms with Crippen LogP contribution in [0, 0.1) is 0 Å². The summed E-state index contributed by atoms with van der Waals surface area (Å²) in [6.07, 6.45) is 3.85. The first-order valence-corrected chi connectivity index (χ1v) is 6.44. The van der Waals surface area contributed by atoms with Crippen LogP contribution in [0.3, 0.4) is 0 Å². The van der Waals surface area contributed by atoms with E-state index in [0.717, 1.165) is 31.0 Å². The molecule has 1 amide bonds. The summed E-state index contributed by atoms with van der Waals surface area (Å²) in [4.78, 5) is 17.7. The molecule has 2 rings (SSSR count). The van der Waals surface area contributed by atoms with Gasteiger partial charge < -0.3 is 10.0 Å². The normalized spacial score (nSPS) is 16.9. The van der Waals surface area contributed by atoms with Crippen LogP contribution < -0.4 is 0 Å². The first-order chi connectivity index (χ1) is 7.79. The molecule has 5 heteroatoms. The second kappa shape index (κ2) is 5.21. The quantitative estimate of drug-likeness (QED) is 0.802. The van der Waals surface area contributed by atoms with E-state index in [-0.39, 0.29) is 11.7 Å². The van der Waals surface area contributed by atoms with Crippen molar-refractivity contribution in [3.8, 4) is 5.75 Å². The van der Waals surface area contributed by atoms with Crippen molar-refractivity contribution in [1.29, 1.82) is 0 Å². The minimum absolute atomic E-state index is 0.0376. The van der Waals surface area contributed by atoms with Gasteiger partial charge >= 0.3 is 0 Å².